The van der Waals surface area contributed by atoms with Gasteiger partial charge in [-0.1, -0.05) is 53.3 Å². The van der Waals surface area contributed by atoms with Crippen LogP contribution in [0, 0.1) is 6.92 Å². The quantitative estimate of drug-likeness (QED) is 0.332. The number of thiazole rings is 1. The first-order chi connectivity index (χ1) is 14.6. The van der Waals surface area contributed by atoms with Crippen LogP contribution in [0.2, 0.25) is 0 Å². The lowest BCUT2D eigenvalue weighted by Gasteiger charge is -2.05. The molecule has 0 aliphatic rings. The van der Waals surface area contributed by atoms with Crippen LogP contribution < -0.4 is 14.8 Å². The summed E-state index contributed by atoms with van der Waals surface area (Å²) in [6.45, 7) is 1.96. The number of benzene rings is 3. The fourth-order valence-electron chi connectivity index (χ4n) is 3.25. The van der Waals surface area contributed by atoms with Crippen LogP contribution in [0.1, 0.15) is 21.5 Å². The summed E-state index contributed by atoms with van der Waals surface area (Å²) in [5.41, 5.74) is 3.97. The van der Waals surface area contributed by atoms with Gasteiger partial charge in [0.1, 0.15) is 5.75 Å². The summed E-state index contributed by atoms with van der Waals surface area (Å²) in [7, 11) is 0. The smallest absolute Gasteiger partial charge is 0.343 e. The molecule has 0 radical (unpaired) electrons. The van der Waals surface area contributed by atoms with E-state index in [4.69, 9.17) is 4.74 Å². The zero-order valence-electron chi connectivity index (χ0n) is 16.0. The zero-order valence-corrected chi connectivity index (χ0v) is 16.8. The van der Waals surface area contributed by atoms with Crippen molar-refractivity contribution in [1.82, 2.24) is 9.38 Å². The van der Waals surface area contributed by atoms with Crippen LogP contribution in [-0.2, 0) is 0 Å². The van der Waals surface area contributed by atoms with Gasteiger partial charge in [0, 0.05) is 0 Å². The Kier molecular flexibility index (Phi) is 4.41. The number of imidazole rings is 1. The van der Waals surface area contributed by atoms with E-state index in [2.05, 4.69) is 4.98 Å². The van der Waals surface area contributed by atoms with Crippen LogP contribution >= 0.6 is 11.3 Å². The number of carbonyl (C=O) groups is 1. The van der Waals surface area contributed by atoms with Gasteiger partial charge in [-0.3, -0.25) is 4.79 Å². The molecule has 0 spiro atoms. The molecule has 146 valence electrons. The third kappa shape index (κ3) is 3.27. The Bertz CT molecular complexity index is 1500. The maximum atomic E-state index is 12.8. The highest BCUT2D eigenvalue weighted by atomic mass is 32.1. The predicted molar refractivity (Wildman–Crippen MR) is 118 cm³/mol. The van der Waals surface area contributed by atoms with E-state index in [0.717, 1.165) is 22.2 Å². The zero-order chi connectivity index (χ0) is 20.7. The lowest BCUT2D eigenvalue weighted by molar-refractivity contribution is 0.0735. The van der Waals surface area contributed by atoms with E-state index in [1.165, 1.54) is 11.3 Å². The minimum absolute atomic E-state index is 0.0847. The number of para-hydroxylation sites is 2. The topological polar surface area (TPSA) is 60.7 Å². The van der Waals surface area contributed by atoms with Crippen molar-refractivity contribution in [2.45, 2.75) is 6.92 Å². The molecule has 0 aliphatic heterocycles. The number of aromatic nitrogens is 2. The summed E-state index contributed by atoms with van der Waals surface area (Å²) in [6.07, 6.45) is 1.82. The number of ether oxygens (including phenoxy) is 1. The normalized spacial score (nSPS) is 12.0. The maximum Gasteiger partial charge on any atom is 0.343 e. The fraction of sp³-hybridized carbons (Fsp3) is 0.0417. The third-order valence-corrected chi connectivity index (χ3v) is 5.79. The standard InChI is InChI=1S/C24H16N2O3S/c1-15-6-10-17(11-7-15)23(28)29-18-12-8-16(9-13-18)14-21-22(27)26-20-5-3-2-4-19(20)25-24(26)30-21/h2-14H,1H3/b21-14+. The number of nitrogens with zero attached hydrogens (tertiary/aromatic N) is 2. The van der Waals surface area contributed by atoms with E-state index in [1.54, 1.807) is 28.7 Å². The molecule has 30 heavy (non-hydrogen) atoms. The van der Waals surface area contributed by atoms with Crippen LogP contribution in [0.3, 0.4) is 0 Å². The molecule has 0 amide bonds. The first kappa shape index (κ1) is 18.3. The van der Waals surface area contributed by atoms with Crippen LogP contribution in [0.5, 0.6) is 5.75 Å². The Morgan fingerprint density at radius 3 is 2.50 bits per heavy atom. The largest absolute Gasteiger partial charge is 0.423 e. The van der Waals surface area contributed by atoms with Crippen molar-refractivity contribution < 1.29 is 9.53 Å². The van der Waals surface area contributed by atoms with Crippen LogP contribution in [0.25, 0.3) is 22.1 Å². The molecular weight excluding hydrogens is 396 g/mol. The molecule has 5 nitrogen and oxygen atoms in total. The van der Waals surface area contributed by atoms with Gasteiger partial charge >= 0.3 is 5.97 Å². The monoisotopic (exact) mass is 412 g/mol. The van der Waals surface area contributed by atoms with Crippen LogP contribution in [0.4, 0.5) is 0 Å². The number of hydrogen-bond acceptors (Lipinski definition) is 5. The van der Waals surface area contributed by atoms with Gasteiger partial charge < -0.3 is 4.74 Å². The van der Waals surface area contributed by atoms with Crippen molar-refractivity contribution in [3.63, 3.8) is 0 Å². The Morgan fingerprint density at radius 2 is 1.73 bits per heavy atom. The van der Waals surface area contributed by atoms with Crippen molar-refractivity contribution in [1.29, 1.82) is 0 Å². The molecule has 0 aliphatic carbocycles. The molecule has 5 rings (SSSR count). The third-order valence-electron chi connectivity index (χ3n) is 4.82. The number of esters is 1. The molecule has 0 saturated heterocycles. The van der Waals surface area contributed by atoms with Gasteiger partial charge in [0.2, 0.25) is 0 Å². The van der Waals surface area contributed by atoms with E-state index in [-0.39, 0.29) is 5.56 Å². The van der Waals surface area contributed by atoms with Gasteiger partial charge in [-0.25, -0.2) is 14.2 Å². The highest BCUT2D eigenvalue weighted by Gasteiger charge is 2.11. The van der Waals surface area contributed by atoms with Crippen molar-refractivity contribution in [2.75, 3.05) is 0 Å². The number of rotatable bonds is 3. The Balaban J connectivity index is 1.42. The second kappa shape index (κ2) is 7.24. The Hall–Kier alpha value is -3.77. The molecule has 2 heterocycles. The summed E-state index contributed by atoms with van der Waals surface area (Å²) >= 11 is 1.36. The van der Waals surface area contributed by atoms with Gasteiger partial charge in [-0.15, -0.1) is 0 Å². The van der Waals surface area contributed by atoms with Gasteiger partial charge in [-0.2, -0.15) is 0 Å². The highest BCUT2D eigenvalue weighted by Crippen LogP contribution is 2.17. The predicted octanol–water partition coefficient (Wildman–Crippen LogP) is 3.98. The number of fused-ring (bicyclic) bond motifs is 3. The lowest BCUT2D eigenvalue weighted by atomic mass is 10.1. The Morgan fingerprint density at radius 1 is 1.00 bits per heavy atom. The van der Waals surface area contributed by atoms with Gasteiger partial charge in [0.05, 0.1) is 21.1 Å². The molecule has 2 aromatic heterocycles. The number of hydrogen-bond donors (Lipinski definition) is 0. The van der Waals surface area contributed by atoms with Crippen LogP contribution in [-0.4, -0.2) is 15.4 Å². The molecule has 0 unspecified atom stereocenters. The van der Waals surface area contributed by atoms with E-state index >= 15 is 0 Å². The summed E-state index contributed by atoms with van der Waals surface area (Å²) in [5.74, 6) is 0.0481. The van der Waals surface area contributed by atoms with Crippen molar-refractivity contribution in [3.8, 4) is 5.75 Å². The molecule has 0 fully saturated rings. The van der Waals surface area contributed by atoms with Gasteiger partial charge in [-0.05, 0) is 55.0 Å². The Labute approximate surface area is 175 Å². The summed E-state index contributed by atoms with van der Waals surface area (Å²) in [6, 6.07) is 21.9. The first-order valence-electron chi connectivity index (χ1n) is 9.39. The molecule has 0 saturated carbocycles. The molecule has 5 aromatic rings. The SMILES string of the molecule is Cc1ccc(C(=O)Oc2ccc(/C=c3/sc4nc5ccccc5n4c3=O)cc2)cc1. The van der Waals surface area contributed by atoms with E-state index in [0.29, 0.717) is 20.8 Å². The molecule has 3 aromatic carbocycles. The average Bonchev–Trinajstić information content (AvgIpc) is 3.26. The van der Waals surface area contributed by atoms with E-state index in [1.807, 2.05) is 61.5 Å². The number of aryl methyl sites for hydroxylation is 1. The highest BCUT2D eigenvalue weighted by molar-refractivity contribution is 7.15. The van der Waals surface area contributed by atoms with Crippen molar-refractivity contribution in [2.24, 2.45) is 0 Å². The average molecular weight is 412 g/mol. The minimum Gasteiger partial charge on any atom is -0.423 e. The second-order valence-electron chi connectivity index (χ2n) is 6.96. The van der Waals surface area contributed by atoms with E-state index < -0.39 is 5.97 Å². The van der Waals surface area contributed by atoms with Crippen LogP contribution in [0.15, 0.2) is 77.6 Å². The molecule has 6 heteroatoms. The second-order valence-corrected chi connectivity index (χ2v) is 7.97. The number of carbonyl (C=O) groups excluding carboxylic acids is 1. The molecule has 0 atom stereocenters. The first-order valence-corrected chi connectivity index (χ1v) is 10.2. The fourth-order valence-corrected chi connectivity index (χ4v) is 4.24. The summed E-state index contributed by atoms with van der Waals surface area (Å²) < 4.78 is 7.67. The van der Waals surface area contributed by atoms with Gasteiger partial charge in [0.25, 0.3) is 5.56 Å². The minimum atomic E-state index is -0.403. The van der Waals surface area contributed by atoms with Crippen molar-refractivity contribution in [3.05, 3.63) is 104 Å². The van der Waals surface area contributed by atoms with Gasteiger partial charge in [0.15, 0.2) is 4.96 Å². The summed E-state index contributed by atoms with van der Waals surface area (Å²) in [5, 5.41) is 0. The maximum absolute atomic E-state index is 12.8. The van der Waals surface area contributed by atoms with E-state index in [9.17, 15) is 9.59 Å². The summed E-state index contributed by atoms with van der Waals surface area (Å²) in [4.78, 5) is 30.3. The lowest BCUT2D eigenvalue weighted by Crippen LogP contribution is -2.22. The molecular formula is C24H16N2O3S. The van der Waals surface area contributed by atoms with Crippen molar-refractivity contribution >= 4 is 39.4 Å². The molecule has 0 N–H and O–H groups in total. The molecule has 0 bridgehead atoms.